The molecule has 0 bridgehead atoms. The molecule has 0 nitrogen and oxygen atoms in total. The number of hydrogen-bond acceptors (Lipinski definition) is 0. The zero-order chi connectivity index (χ0) is 14.3. The molecular weight excluding hydrogens is 266 g/mol. The molecule has 0 rings (SSSR count). The van der Waals surface area contributed by atoms with Crippen LogP contribution in [0.25, 0.3) is 0 Å². The standard InChI is InChI=1S/C17H38P2/c1-5-12-18(13-6-2)16-10-9-11-17-19(14-7-3)15-8-4/h5-17H2,1-4H3. The van der Waals surface area contributed by atoms with Crippen molar-refractivity contribution >= 4 is 15.8 Å². The van der Waals surface area contributed by atoms with Crippen LogP contribution in [-0.2, 0) is 0 Å². The van der Waals surface area contributed by atoms with Crippen LogP contribution in [-0.4, -0.2) is 37.0 Å². The van der Waals surface area contributed by atoms with E-state index in [-0.39, 0.29) is 0 Å². The lowest BCUT2D eigenvalue weighted by molar-refractivity contribution is 0.775. The molecule has 19 heavy (non-hydrogen) atoms. The smallest absolute Gasteiger partial charge is 0.0326 e. The van der Waals surface area contributed by atoms with Gasteiger partial charge in [0.15, 0.2) is 0 Å². The molecule has 0 radical (unpaired) electrons. The van der Waals surface area contributed by atoms with E-state index >= 15 is 0 Å². The number of unbranched alkanes of at least 4 members (excludes halogenated alkanes) is 2. The quantitative estimate of drug-likeness (QED) is 0.246. The minimum atomic E-state index is 0.399. The summed E-state index contributed by atoms with van der Waals surface area (Å²) in [5, 5.41) is 0. The molecule has 116 valence electrons. The van der Waals surface area contributed by atoms with Gasteiger partial charge in [-0.3, -0.25) is 0 Å². The van der Waals surface area contributed by atoms with Gasteiger partial charge in [-0.1, -0.05) is 59.8 Å². The van der Waals surface area contributed by atoms with E-state index in [0.717, 1.165) is 0 Å². The Balaban J connectivity index is 3.59. The van der Waals surface area contributed by atoms with Gasteiger partial charge in [0.05, 0.1) is 0 Å². The largest absolute Gasteiger partial charge is 0.107 e. The van der Waals surface area contributed by atoms with Crippen LogP contribution >= 0.6 is 15.8 Å². The first-order chi connectivity index (χ1) is 9.28. The first-order valence-corrected chi connectivity index (χ1v) is 12.5. The molecule has 0 atom stereocenters. The first kappa shape index (κ1) is 19.9. The lowest BCUT2D eigenvalue weighted by Gasteiger charge is -2.18. The van der Waals surface area contributed by atoms with E-state index in [1.165, 1.54) is 69.6 Å². The molecule has 0 aromatic heterocycles. The molecule has 0 N–H and O–H groups in total. The van der Waals surface area contributed by atoms with Gasteiger partial charge in [-0.05, 0) is 49.8 Å². The molecule has 0 spiro atoms. The van der Waals surface area contributed by atoms with Crippen LogP contribution in [0.3, 0.4) is 0 Å². The lowest BCUT2D eigenvalue weighted by atomic mass is 10.3. The molecule has 0 aliphatic rings. The Labute approximate surface area is 126 Å². The summed E-state index contributed by atoms with van der Waals surface area (Å²) >= 11 is 0. The maximum Gasteiger partial charge on any atom is -0.0326 e. The SMILES string of the molecule is CCCP(CCC)CCCCCP(CCC)CCC. The third kappa shape index (κ3) is 12.3. The highest BCUT2D eigenvalue weighted by molar-refractivity contribution is 7.57. The molecule has 2 heteroatoms. The fraction of sp³-hybridized carbons (Fsp3) is 1.00. The second kappa shape index (κ2) is 15.3. The second-order valence-corrected chi connectivity index (χ2v) is 11.1. The summed E-state index contributed by atoms with van der Waals surface area (Å²) in [6, 6.07) is 0. The Morgan fingerprint density at radius 1 is 0.421 bits per heavy atom. The van der Waals surface area contributed by atoms with Crippen LogP contribution in [0.1, 0.15) is 72.6 Å². The Kier molecular flexibility index (Phi) is 15.9. The van der Waals surface area contributed by atoms with Crippen LogP contribution in [0.4, 0.5) is 0 Å². The minimum absolute atomic E-state index is 0.399. The van der Waals surface area contributed by atoms with Crippen molar-refractivity contribution in [1.82, 2.24) is 0 Å². The van der Waals surface area contributed by atoms with Gasteiger partial charge in [-0.15, -0.1) is 15.8 Å². The summed E-state index contributed by atoms with van der Waals surface area (Å²) in [5.41, 5.74) is 0. The lowest BCUT2D eigenvalue weighted by Crippen LogP contribution is -1.97. The van der Waals surface area contributed by atoms with Gasteiger partial charge in [0, 0.05) is 0 Å². The second-order valence-electron chi connectivity index (χ2n) is 5.74. The van der Waals surface area contributed by atoms with Gasteiger partial charge in [0.1, 0.15) is 0 Å². The monoisotopic (exact) mass is 304 g/mol. The summed E-state index contributed by atoms with van der Waals surface area (Å²) in [5.74, 6) is 0. The van der Waals surface area contributed by atoms with Gasteiger partial charge >= 0.3 is 0 Å². The molecule has 0 aromatic rings. The molecule has 0 aliphatic carbocycles. The van der Waals surface area contributed by atoms with Crippen LogP contribution in [0, 0.1) is 0 Å². The van der Waals surface area contributed by atoms with E-state index < -0.39 is 0 Å². The van der Waals surface area contributed by atoms with Crippen molar-refractivity contribution in [3.8, 4) is 0 Å². The summed E-state index contributed by atoms with van der Waals surface area (Å²) in [6.07, 6.45) is 19.4. The normalized spacial score (nSPS) is 11.7. The van der Waals surface area contributed by atoms with E-state index in [9.17, 15) is 0 Å². The molecular formula is C17H38P2. The summed E-state index contributed by atoms with van der Waals surface area (Å²) in [7, 11) is 0.798. The summed E-state index contributed by atoms with van der Waals surface area (Å²) in [4.78, 5) is 0. The fourth-order valence-corrected chi connectivity index (χ4v) is 8.00. The van der Waals surface area contributed by atoms with E-state index in [0.29, 0.717) is 15.8 Å². The van der Waals surface area contributed by atoms with Crippen molar-refractivity contribution < 1.29 is 0 Å². The van der Waals surface area contributed by atoms with E-state index in [4.69, 9.17) is 0 Å². The van der Waals surface area contributed by atoms with Crippen LogP contribution in [0.15, 0.2) is 0 Å². The zero-order valence-electron chi connectivity index (χ0n) is 14.1. The Hall–Kier alpha value is 0.860. The highest BCUT2D eigenvalue weighted by Gasteiger charge is 2.07. The molecule has 0 aromatic carbocycles. The highest BCUT2D eigenvalue weighted by atomic mass is 31.1. The number of hydrogen-bond donors (Lipinski definition) is 0. The predicted octanol–water partition coefficient (Wildman–Crippen LogP) is 6.76. The third-order valence-electron chi connectivity index (χ3n) is 3.61. The third-order valence-corrected chi connectivity index (χ3v) is 9.82. The molecule has 0 aliphatic heterocycles. The Bertz CT molecular complexity index is 141. The number of rotatable bonds is 14. The van der Waals surface area contributed by atoms with Gasteiger partial charge in [-0.2, -0.15) is 0 Å². The average Bonchev–Trinajstić information content (AvgIpc) is 2.39. The van der Waals surface area contributed by atoms with Gasteiger partial charge in [0.25, 0.3) is 0 Å². The van der Waals surface area contributed by atoms with Gasteiger partial charge < -0.3 is 0 Å². The average molecular weight is 304 g/mol. The van der Waals surface area contributed by atoms with Crippen LogP contribution in [0.5, 0.6) is 0 Å². The van der Waals surface area contributed by atoms with E-state index in [1.807, 2.05) is 0 Å². The molecule has 0 saturated carbocycles. The highest BCUT2D eigenvalue weighted by Crippen LogP contribution is 2.40. The van der Waals surface area contributed by atoms with Crippen molar-refractivity contribution in [2.45, 2.75) is 72.6 Å². The van der Waals surface area contributed by atoms with E-state index in [1.54, 1.807) is 12.3 Å². The summed E-state index contributed by atoms with van der Waals surface area (Å²) < 4.78 is 0. The van der Waals surface area contributed by atoms with Gasteiger partial charge in [-0.25, -0.2) is 0 Å². The zero-order valence-corrected chi connectivity index (χ0v) is 15.9. The van der Waals surface area contributed by atoms with Crippen LogP contribution in [0.2, 0.25) is 0 Å². The van der Waals surface area contributed by atoms with Crippen molar-refractivity contribution in [3.05, 3.63) is 0 Å². The minimum Gasteiger partial charge on any atom is -0.107 e. The fourth-order valence-electron chi connectivity index (χ4n) is 2.78. The summed E-state index contributed by atoms with van der Waals surface area (Å²) in [6.45, 7) is 9.42. The van der Waals surface area contributed by atoms with Crippen molar-refractivity contribution in [3.63, 3.8) is 0 Å². The predicted molar refractivity (Wildman–Crippen MR) is 98.1 cm³/mol. The van der Waals surface area contributed by atoms with Crippen LogP contribution < -0.4 is 0 Å². The molecule has 0 unspecified atom stereocenters. The van der Waals surface area contributed by atoms with Gasteiger partial charge in [0.2, 0.25) is 0 Å². The van der Waals surface area contributed by atoms with Crippen molar-refractivity contribution in [1.29, 1.82) is 0 Å². The van der Waals surface area contributed by atoms with E-state index in [2.05, 4.69) is 27.7 Å². The topological polar surface area (TPSA) is 0 Å². The molecule has 0 saturated heterocycles. The first-order valence-electron chi connectivity index (χ1n) is 8.73. The maximum absolute atomic E-state index is 2.35. The van der Waals surface area contributed by atoms with Crippen molar-refractivity contribution in [2.75, 3.05) is 37.0 Å². The molecule has 0 amide bonds. The Morgan fingerprint density at radius 3 is 1.00 bits per heavy atom. The van der Waals surface area contributed by atoms with Crippen molar-refractivity contribution in [2.24, 2.45) is 0 Å². The molecule has 0 heterocycles. The molecule has 0 fully saturated rings. The maximum atomic E-state index is 2.35. The Morgan fingerprint density at radius 2 is 0.737 bits per heavy atom.